The smallest absolute Gasteiger partial charge is 0.254 e. The average Bonchev–Trinajstić information content (AvgIpc) is 2.94. The Kier molecular flexibility index (Phi) is 7.75. The van der Waals surface area contributed by atoms with Crippen molar-refractivity contribution in [2.45, 2.75) is 12.8 Å². The lowest BCUT2D eigenvalue weighted by molar-refractivity contribution is -0.116. The van der Waals surface area contributed by atoms with Gasteiger partial charge in [-0.05, 0) is 47.9 Å². The zero-order chi connectivity index (χ0) is 26.5. The van der Waals surface area contributed by atoms with E-state index in [1.807, 2.05) is 109 Å². The third-order valence-corrected chi connectivity index (χ3v) is 7.33. The van der Waals surface area contributed by atoms with E-state index in [-0.39, 0.29) is 11.8 Å². The quantitative estimate of drug-likeness (QED) is 0.319. The number of aryl methyl sites for hydroxylation is 1. The summed E-state index contributed by atoms with van der Waals surface area (Å²) in [5.41, 5.74) is 5.14. The minimum absolute atomic E-state index is 0.0679. The summed E-state index contributed by atoms with van der Waals surface area (Å²) in [6, 6.07) is 32.9. The van der Waals surface area contributed by atoms with Crippen LogP contribution < -0.4 is 10.2 Å². The Hall–Kier alpha value is -4.09. The number of rotatable bonds is 6. The van der Waals surface area contributed by atoms with Crippen LogP contribution in [0.15, 0.2) is 103 Å². The van der Waals surface area contributed by atoms with Gasteiger partial charge in [0.25, 0.3) is 5.91 Å². The highest BCUT2D eigenvalue weighted by Crippen LogP contribution is 2.32. The van der Waals surface area contributed by atoms with Gasteiger partial charge in [-0.3, -0.25) is 9.59 Å². The molecular formula is C32H30ClN3O2. The Morgan fingerprint density at radius 3 is 1.92 bits per heavy atom. The topological polar surface area (TPSA) is 52.7 Å². The largest absolute Gasteiger partial charge is 0.367 e. The highest BCUT2D eigenvalue weighted by molar-refractivity contribution is 6.33. The van der Waals surface area contributed by atoms with Crippen molar-refractivity contribution in [3.8, 4) is 0 Å². The molecule has 5 rings (SSSR count). The van der Waals surface area contributed by atoms with Gasteiger partial charge in [0.2, 0.25) is 5.91 Å². The lowest BCUT2D eigenvalue weighted by Gasteiger charge is -2.36. The first-order valence-electron chi connectivity index (χ1n) is 12.8. The zero-order valence-electron chi connectivity index (χ0n) is 21.3. The summed E-state index contributed by atoms with van der Waals surface area (Å²) in [5, 5.41) is 3.63. The number of nitrogens with one attached hydrogen (secondary N) is 1. The molecule has 6 heteroatoms. The summed E-state index contributed by atoms with van der Waals surface area (Å²) in [7, 11) is 0. The lowest BCUT2D eigenvalue weighted by atomic mass is 9.90. The van der Waals surface area contributed by atoms with E-state index in [4.69, 9.17) is 11.6 Å². The van der Waals surface area contributed by atoms with Gasteiger partial charge < -0.3 is 15.1 Å². The van der Waals surface area contributed by atoms with Gasteiger partial charge in [-0.25, -0.2) is 0 Å². The maximum absolute atomic E-state index is 13.5. The average molecular weight is 524 g/mol. The Labute approximate surface area is 228 Å². The van der Waals surface area contributed by atoms with E-state index in [9.17, 15) is 9.59 Å². The molecule has 0 saturated carbocycles. The molecule has 1 aliphatic rings. The van der Waals surface area contributed by atoms with Gasteiger partial charge in [0, 0.05) is 37.4 Å². The van der Waals surface area contributed by atoms with Gasteiger partial charge in [0.15, 0.2) is 0 Å². The van der Waals surface area contributed by atoms with Crippen LogP contribution in [0.5, 0.6) is 0 Å². The van der Waals surface area contributed by atoms with Gasteiger partial charge >= 0.3 is 0 Å². The molecule has 1 aliphatic heterocycles. The molecule has 0 aromatic heterocycles. The van der Waals surface area contributed by atoms with E-state index < -0.39 is 5.92 Å². The Balaban J connectivity index is 1.27. The molecule has 4 aromatic rings. The molecular weight excluding hydrogens is 494 g/mol. The minimum Gasteiger partial charge on any atom is -0.367 e. The van der Waals surface area contributed by atoms with Crippen LogP contribution in [0.2, 0.25) is 5.02 Å². The molecule has 0 spiro atoms. The molecule has 2 amide bonds. The summed E-state index contributed by atoms with van der Waals surface area (Å²) in [5.74, 6) is -0.484. The van der Waals surface area contributed by atoms with E-state index in [0.717, 1.165) is 27.9 Å². The SMILES string of the molecule is Cc1ccccc1C(=O)N1CCN(c2ccc(NC(=O)C(c3ccccc3)c3ccccc3)cc2Cl)CC1. The fourth-order valence-electron chi connectivity index (χ4n) is 4.98. The van der Waals surface area contributed by atoms with E-state index in [0.29, 0.717) is 36.9 Å². The van der Waals surface area contributed by atoms with Gasteiger partial charge in [0.1, 0.15) is 0 Å². The second-order valence-corrected chi connectivity index (χ2v) is 9.91. The van der Waals surface area contributed by atoms with Crippen LogP contribution in [-0.2, 0) is 4.79 Å². The monoisotopic (exact) mass is 523 g/mol. The van der Waals surface area contributed by atoms with Gasteiger partial charge in [0.05, 0.1) is 16.6 Å². The van der Waals surface area contributed by atoms with Crippen LogP contribution >= 0.6 is 11.6 Å². The molecule has 1 heterocycles. The van der Waals surface area contributed by atoms with Crippen molar-refractivity contribution in [3.05, 3.63) is 130 Å². The zero-order valence-corrected chi connectivity index (χ0v) is 22.1. The van der Waals surface area contributed by atoms with Crippen molar-refractivity contribution >= 4 is 34.8 Å². The summed E-state index contributed by atoms with van der Waals surface area (Å²) in [6.45, 7) is 4.58. The Morgan fingerprint density at radius 1 is 0.763 bits per heavy atom. The molecule has 0 unspecified atom stereocenters. The van der Waals surface area contributed by atoms with E-state index in [1.165, 1.54) is 0 Å². The van der Waals surface area contributed by atoms with Crippen LogP contribution in [0.25, 0.3) is 0 Å². The molecule has 5 nitrogen and oxygen atoms in total. The van der Waals surface area contributed by atoms with Crippen molar-refractivity contribution in [3.63, 3.8) is 0 Å². The minimum atomic E-state index is -0.435. The Bertz CT molecular complexity index is 1380. The first-order chi connectivity index (χ1) is 18.5. The predicted octanol–water partition coefficient (Wildman–Crippen LogP) is 6.38. The molecule has 0 bridgehead atoms. The summed E-state index contributed by atoms with van der Waals surface area (Å²) >= 11 is 6.70. The number of anilines is 2. The molecule has 1 N–H and O–H groups in total. The summed E-state index contributed by atoms with van der Waals surface area (Å²) in [6.07, 6.45) is 0. The van der Waals surface area contributed by atoms with Gasteiger partial charge in [-0.2, -0.15) is 0 Å². The molecule has 0 atom stereocenters. The fraction of sp³-hybridized carbons (Fsp3) is 0.188. The van der Waals surface area contributed by atoms with Crippen LogP contribution in [0, 0.1) is 6.92 Å². The normalized spacial score (nSPS) is 13.4. The third kappa shape index (κ3) is 5.58. The highest BCUT2D eigenvalue weighted by Gasteiger charge is 2.25. The number of nitrogens with zero attached hydrogens (tertiary/aromatic N) is 2. The van der Waals surface area contributed by atoms with Crippen molar-refractivity contribution in [1.29, 1.82) is 0 Å². The predicted molar refractivity (Wildman–Crippen MR) is 154 cm³/mol. The van der Waals surface area contributed by atoms with Crippen LogP contribution in [0.4, 0.5) is 11.4 Å². The molecule has 4 aromatic carbocycles. The van der Waals surface area contributed by atoms with E-state index in [2.05, 4.69) is 10.2 Å². The first-order valence-corrected chi connectivity index (χ1v) is 13.2. The Morgan fingerprint density at radius 2 is 1.34 bits per heavy atom. The highest BCUT2D eigenvalue weighted by atomic mass is 35.5. The standard InChI is InChI=1S/C32H30ClN3O2/c1-23-10-8-9-15-27(23)32(38)36-20-18-35(19-21-36)29-17-16-26(22-28(29)33)34-31(37)30(24-11-4-2-5-12-24)25-13-6-3-7-14-25/h2-17,22,30H,18-21H2,1H3,(H,34,37). The lowest BCUT2D eigenvalue weighted by Crippen LogP contribution is -2.49. The molecule has 0 radical (unpaired) electrons. The molecule has 38 heavy (non-hydrogen) atoms. The molecule has 1 fully saturated rings. The van der Waals surface area contributed by atoms with Crippen molar-refractivity contribution < 1.29 is 9.59 Å². The summed E-state index contributed by atoms with van der Waals surface area (Å²) in [4.78, 5) is 30.5. The van der Waals surface area contributed by atoms with Gasteiger partial charge in [-0.1, -0.05) is 90.5 Å². The molecule has 0 aliphatic carbocycles. The number of hydrogen-bond donors (Lipinski definition) is 1. The van der Waals surface area contributed by atoms with Gasteiger partial charge in [-0.15, -0.1) is 0 Å². The maximum atomic E-state index is 13.5. The number of hydrogen-bond acceptors (Lipinski definition) is 3. The number of amides is 2. The molecule has 1 saturated heterocycles. The number of carbonyl (C=O) groups is 2. The van der Waals surface area contributed by atoms with Crippen molar-refractivity contribution in [2.24, 2.45) is 0 Å². The number of carbonyl (C=O) groups excluding carboxylic acids is 2. The maximum Gasteiger partial charge on any atom is 0.254 e. The van der Waals surface area contributed by atoms with Crippen molar-refractivity contribution in [2.75, 3.05) is 36.4 Å². The second-order valence-electron chi connectivity index (χ2n) is 9.50. The number of halogens is 1. The van der Waals surface area contributed by atoms with E-state index >= 15 is 0 Å². The summed E-state index contributed by atoms with van der Waals surface area (Å²) < 4.78 is 0. The number of piperazine rings is 1. The van der Waals surface area contributed by atoms with Crippen LogP contribution in [0.3, 0.4) is 0 Å². The molecule has 192 valence electrons. The second kappa shape index (κ2) is 11.5. The van der Waals surface area contributed by atoms with Crippen LogP contribution in [0.1, 0.15) is 33.0 Å². The fourth-order valence-corrected chi connectivity index (χ4v) is 5.28. The first kappa shape index (κ1) is 25.6. The number of benzene rings is 4. The third-order valence-electron chi connectivity index (χ3n) is 7.03. The van der Waals surface area contributed by atoms with E-state index in [1.54, 1.807) is 6.07 Å². The van der Waals surface area contributed by atoms with Crippen molar-refractivity contribution in [1.82, 2.24) is 4.90 Å². The van der Waals surface area contributed by atoms with Crippen LogP contribution in [-0.4, -0.2) is 42.9 Å².